The highest BCUT2D eigenvalue weighted by Crippen LogP contribution is 2.16. The van der Waals surface area contributed by atoms with Gasteiger partial charge in [0.1, 0.15) is 11.6 Å². The Morgan fingerprint density at radius 1 is 0.955 bits per heavy atom. The fourth-order valence-corrected chi connectivity index (χ4v) is 1.93. The van der Waals surface area contributed by atoms with E-state index in [2.05, 4.69) is 20.3 Å². The second-order valence-electron chi connectivity index (χ2n) is 4.58. The van der Waals surface area contributed by atoms with E-state index >= 15 is 0 Å². The van der Waals surface area contributed by atoms with Crippen molar-refractivity contribution in [2.75, 3.05) is 5.32 Å². The standard InChI is InChI=1S/C16H12F2N4/c17-13-4-2-1-3-11(13)9-21-15-7-8-19-16(22-15)12-5-6-14(18)20-10-12/h1-8,10H,9H2,(H,19,21,22). The van der Waals surface area contributed by atoms with E-state index in [0.29, 0.717) is 29.3 Å². The van der Waals surface area contributed by atoms with Gasteiger partial charge in [-0.1, -0.05) is 18.2 Å². The fraction of sp³-hybridized carbons (Fsp3) is 0.0625. The molecule has 1 N–H and O–H groups in total. The lowest BCUT2D eigenvalue weighted by Crippen LogP contribution is -2.04. The number of anilines is 1. The molecule has 0 unspecified atom stereocenters. The van der Waals surface area contributed by atoms with E-state index in [0.717, 1.165) is 0 Å². The van der Waals surface area contributed by atoms with Gasteiger partial charge in [-0.05, 0) is 24.3 Å². The van der Waals surface area contributed by atoms with Crippen molar-refractivity contribution in [1.82, 2.24) is 15.0 Å². The maximum Gasteiger partial charge on any atom is 0.212 e. The molecule has 6 heteroatoms. The quantitative estimate of drug-likeness (QED) is 0.750. The molecule has 2 heterocycles. The number of aromatic nitrogens is 3. The summed E-state index contributed by atoms with van der Waals surface area (Å²) >= 11 is 0. The molecule has 0 radical (unpaired) electrons. The Labute approximate surface area is 125 Å². The molecule has 0 aliphatic rings. The molecule has 0 bridgehead atoms. The fourth-order valence-electron chi connectivity index (χ4n) is 1.93. The summed E-state index contributed by atoms with van der Waals surface area (Å²) in [6, 6.07) is 11.0. The van der Waals surface area contributed by atoms with Gasteiger partial charge in [0.05, 0.1) is 0 Å². The molecule has 4 nitrogen and oxygen atoms in total. The van der Waals surface area contributed by atoms with Crippen LogP contribution in [0.25, 0.3) is 11.4 Å². The van der Waals surface area contributed by atoms with Gasteiger partial charge in [0.2, 0.25) is 5.95 Å². The van der Waals surface area contributed by atoms with Gasteiger partial charge in [-0.3, -0.25) is 0 Å². The monoisotopic (exact) mass is 298 g/mol. The van der Waals surface area contributed by atoms with Crippen LogP contribution < -0.4 is 5.32 Å². The molecule has 0 aliphatic carbocycles. The lowest BCUT2D eigenvalue weighted by atomic mass is 10.2. The lowest BCUT2D eigenvalue weighted by Gasteiger charge is -2.07. The Morgan fingerprint density at radius 2 is 1.82 bits per heavy atom. The maximum absolute atomic E-state index is 13.6. The Hall–Kier alpha value is -2.89. The van der Waals surface area contributed by atoms with Crippen molar-refractivity contribution in [2.24, 2.45) is 0 Å². The number of nitrogens with one attached hydrogen (secondary N) is 1. The number of nitrogens with zero attached hydrogens (tertiary/aromatic N) is 3. The molecule has 110 valence electrons. The summed E-state index contributed by atoms with van der Waals surface area (Å²) in [7, 11) is 0. The third-order valence-electron chi connectivity index (χ3n) is 3.06. The van der Waals surface area contributed by atoms with E-state index in [9.17, 15) is 8.78 Å². The minimum Gasteiger partial charge on any atom is -0.366 e. The average molecular weight is 298 g/mol. The third kappa shape index (κ3) is 3.22. The predicted molar refractivity (Wildman–Crippen MR) is 78.9 cm³/mol. The molecule has 22 heavy (non-hydrogen) atoms. The minimum absolute atomic E-state index is 0.271. The van der Waals surface area contributed by atoms with Crippen molar-refractivity contribution in [3.8, 4) is 11.4 Å². The Bertz CT molecular complexity index is 775. The largest absolute Gasteiger partial charge is 0.366 e. The van der Waals surface area contributed by atoms with Crippen molar-refractivity contribution in [2.45, 2.75) is 6.54 Å². The molecule has 0 amide bonds. The van der Waals surface area contributed by atoms with Crippen LogP contribution in [0.2, 0.25) is 0 Å². The highest BCUT2D eigenvalue weighted by Gasteiger charge is 2.05. The van der Waals surface area contributed by atoms with Gasteiger partial charge in [0.25, 0.3) is 0 Å². The summed E-state index contributed by atoms with van der Waals surface area (Å²) in [4.78, 5) is 12.0. The van der Waals surface area contributed by atoms with E-state index in [1.807, 2.05) is 0 Å². The van der Waals surface area contributed by atoms with Gasteiger partial charge in [-0.15, -0.1) is 0 Å². The van der Waals surface area contributed by atoms with Gasteiger partial charge in [-0.2, -0.15) is 4.39 Å². The Kier molecular flexibility index (Phi) is 4.00. The molecular formula is C16H12F2N4. The van der Waals surface area contributed by atoms with Crippen molar-refractivity contribution in [3.05, 3.63) is 72.2 Å². The summed E-state index contributed by atoms with van der Waals surface area (Å²) in [5.74, 6) is 0.146. The van der Waals surface area contributed by atoms with Crippen molar-refractivity contribution < 1.29 is 8.78 Å². The average Bonchev–Trinajstić information content (AvgIpc) is 2.55. The van der Waals surface area contributed by atoms with Crippen molar-refractivity contribution in [1.29, 1.82) is 0 Å². The third-order valence-corrected chi connectivity index (χ3v) is 3.06. The molecule has 3 rings (SSSR count). The summed E-state index contributed by atoms with van der Waals surface area (Å²) < 4.78 is 26.4. The van der Waals surface area contributed by atoms with Crippen LogP contribution in [0, 0.1) is 11.8 Å². The summed E-state index contributed by atoms with van der Waals surface area (Å²) in [5, 5.41) is 3.04. The number of halogens is 2. The second kappa shape index (κ2) is 6.26. The summed E-state index contributed by atoms with van der Waals surface area (Å²) in [5.41, 5.74) is 1.15. The van der Waals surface area contributed by atoms with Crippen LogP contribution >= 0.6 is 0 Å². The smallest absolute Gasteiger partial charge is 0.212 e. The Balaban J connectivity index is 1.77. The van der Waals surface area contributed by atoms with Crippen LogP contribution in [-0.4, -0.2) is 15.0 Å². The molecule has 1 aromatic carbocycles. The zero-order valence-electron chi connectivity index (χ0n) is 11.5. The first-order valence-corrected chi connectivity index (χ1v) is 6.64. The van der Waals surface area contributed by atoms with Gasteiger partial charge >= 0.3 is 0 Å². The zero-order chi connectivity index (χ0) is 15.4. The second-order valence-corrected chi connectivity index (χ2v) is 4.58. The molecule has 0 saturated heterocycles. The molecule has 0 atom stereocenters. The molecule has 0 spiro atoms. The van der Waals surface area contributed by atoms with Gasteiger partial charge in [0, 0.05) is 30.1 Å². The van der Waals surface area contributed by atoms with Crippen LogP contribution in [0.15, 0.2) is 54.9 Å². The summed E-state index contributed by atoms with van der Waals surface area (Å²) in [6.45, 7) is 0.310. The summed E-state index contributed by atoms with van der Waals surface area (Å²) in [6.07, 6.45) is 2.95. The van der Waals surface area contributed by atoms with Gasteiger partial charge in [-0.25, -0.2) is 19.3 Å². The normalized spacial score (nSPS) is 10.5. The molecule has 2 aromatic heterocycles. The molecule has 3 aromatic rings. The van der Waals surface area contributed by atoms with E-state index in [4.69, 9.17) is 0 Å². The van der Waals surface area contributed by atoms with Crippen molar-refractivity contribution >= 4 is 5.82 Å². The first-order chi connectivity index (χ1) is 10.7. The molecule has 0 saturated carbocycles. The SMILES string of the molecule is Fc1ccc(-c2nccc(NCc3ccccc3F)n2)cn1. The molecular weight excluding hydrogens is 286 g/mol. The minimum atomic E-state index is -0.558. The number of hydrogen-bond acceptors (Lipinski definition) is 4. The number of benzene rings is 1. The zero-order valence-corrected chi connectivity index (χ0v) is 11.5. The van der Waals surface area contributed by atoms with Gasteiger partial charge in [0.15, 0.2) is 5.82 Å². The van der Waals surface area contributed by atoms with Gasteiger partial charge < -0.3 is 5.32 Å². The first kappa shape index (κ1) is 14.1. The maximum atomic E-state index is 13.6. The van der Waals surface area contributed by atoms with Crippen molar-refractivity contribution in [3.63, 3.8) is 0 Å². The van der Waals surface area contributed by atoms with E-state index in [1.54, 1.807) is 36.5 Å². The topological polar surface area (TPSA) is 50.7 Å². The number of rotatable bonds is 4. The number of pyridine rings is 1. The van der Waals surface area contributed by atoms with E-state index in [1.165, 1.54) is 18.3 Å². The number of hydrogen-bond donors (Lipinski definition) is 1. The Morgan fingerprint density at radius 3 is 2.59 bits per heavy atom. The van der Waals surface area contributed by atoms with Crippen LogP contribution in [0.4, 0.5) is 14.6 Å². The first-order valence-electron chi connectivity index (χ1n) is 6.64. The predicted octanol–water partition coefficient (Wildman–Crippen LogP) is 3.43. The highest BCUT2D eigenvalue weighted by molar-refractivity contribution is 5.55. The lowest BCUT2D eigenvalue weighted by molar-refractivity contribution is 0.584. The van der Waals surface area contributed by atoms with Crippen LogP contribution in [0.3, 0.4) is 0 Å². The molecule has 0 aliphatic heterocycles. The van der Waals surface area contributed by atoms with E-state index < -0.39 is 5.95 Å². The highest BCUT2D eigenvalue weighted by atomic mass is 19.1. The van der Waals surface area contributed by atoms with Crippen LogP contribution in [0.5, 0.6) is 0 Å². The van der Waals surface area contributed by atoms with E-state index in [-0.39, 0.29) is 5.82 Å². The van der Waals surface area contributed by atoms with Crippen LogP contribution in [-0.2, 0) is 6.54 Å². The van der Waals surface area contributed by atoms with Crippen LogP contribution in [0.1, 0.15) is 5.56 Å². The molecule has 0 fully saturated rings.